The fourth-order valence-corrected chi connectivity index (χ4v) is 2.39. The Labute approximate surface area is 132 Å². The summed E-state index contributed by atoms with van der Waals surface area (Å²) in [5, 5.41) is 0.323. The zero-order chi connectivity index (χ0) is 17.2. The molecular formula is C16H19F3N2O2. The van der Waals surface area contributed by atoms with Gasteiger partial charge in [-0.25, -0.2) is 0 Å². The molecular weight excluding hydrogens is 309 g/mol. The molecule has 0 bridgehead atoms. The summed E-state index contributed by atoms with van der Waals surface area (Å²) in [5.41, 5.74) is -0.345. The third kappa shape index (κ3) is 3.85. The van der Waals surface area contributed by atoms with E-state index in [0.29, 0.717) is 17.4 Å². The number of esters is 1. The van der Waals surface area contributed by atoms with Gasteiger partial charge in [-0.15, -0.1) is 0 Å². The molecule has 23 heavy (non-hydrogen) atoms. The number of likely N-dealkylation sites (N-methyl/N-ethyl adjacent to an activating group) is 1. The van der Waals surface area contributed by atoms with E-state index < -0.39 is 17.8 Å². The molecule has 0 aliphatic heterocycles. The van der Waals surface area contributed by atoms with Crippen molar-refractivity contribution in [3.63, 3.8) is 0 Å². The average Bonchev–Trinajstić information content (AvgIpc) is 2.84. The molecule has 4 nitrogen and oxygen atoms in total. The zero-order valence-electron chi connectivity index (χ0n) is 13.3. The quantitative estimate of drug-likeness (QED) is 0.674. The highest BCUT2D eigenvalue weighted by molar-refractivity contribution is 5.92. The number of carbonyl (C=O) groups excluding carboxylic acids is 1. The van der Waals surface area contributed by atoms with Gasteiger partial charge in [0.2, 0.25) is 0 Å². The maximum absolute atomic E-state index is 13.3. The molecule has 0 atom stereocenters. The van der Waals surface area contributed by atoms with Crippen LogP contribution in [-0.2, 0) is 17.4 Å². The van der Waals surface area contributed by atoms with Crippen LogP contribution in [0.15, 0.2) is 18.2 Å². The summed E-state index contributed by atoms with van der Waals surface area (Å²) in [6.07, 6.45) is -4.14. The molecule has 0 aliphatic carbocycles. The van der Waals surface area contributed by atoms with Crippen LogP contribution in [-0.4, -0.2) is 36.5 Å². The molecule has 1 aromatic carbocycles. The molecule has 126 valence electrons. The second kappa shape index (κ2) is 6.62. The molecule has 1 N–H and O–H groups in total. The summed E-state index contributed by atoms with van der Waals surface area (Å²) in [4.78, 5) is 15.8. The molecule has 0 spiro atoms. The van der Waals surface area contributed by atoms with Gasteiger partial charge in [0.25, 0.3) is 0 Å². The van der Waals surface area contributed by atoms with E-state index >= 15 is 0 Å². The maximum Gasteiger partial charge on any atom is 0.431 e. The molecule has 0 saturated carbocycles. The number of carbonyl (C=O) groups is 1. The average molecular weight is 328 g/mol. The summed E-state index contributed by atoms with van der Waals surface area (Å²) in [6.45, 7) is 2.08. The summed E-state index contributed by atoms with van der Waals surface area (Å²) in [6, 6.07) is 4.63. The second-order valence-corrected chi connectivity index (χ2v) is 5.54. The number of aromatic nitrogens is 1. The van der Waals surface area contributed by atoms with E-state index in [1.807, 2.05) is 0 Å². The van der Waals surface area contributed by atoms with Crippen LogP contribution in [0.4, 0.5) is 13.2 Å². The lowest BCUT2D eigenvalue weighted by molar-refractivity contribution is -0.141. The highest BCUT2D eigenvalue weighted by Crippen LogP contribution is 2.39. The summed E-state index contributed by atoms with van der Waals surface area (Å²) >= 11 is 0. The van der Waals surface area contributed by atoms with E-state index in [9.17, 15) is 18.0 Å². The third-order valence-corrected chi connectivity index (χ3v) is 3.49. The largest absolute Gasteiger partial charge is 0.431 e. The Morgan fingerprint density at radius 1 is 1.30 bits per heavy atom. The second-order valence-electron chi connectivity index (χ2n) is 5.54. The van der Waals surface area contributed by atoms with E-state index in [0.717, 1.165) is 0 Å². The third-order valence-electron chi connectivity index (χ3n) is 3.49. The minimum Gasteiger partial charge on any atom is -0.426 e. The number of benzene rings is 1. The molecule has 0 unspecified atom stereocenters. The van der Waals surface area contributed by atoms with Crippen molar-refractivity contribution < 1.29 is 22.7 Å². The van der Waals surface area contributed by atoms with Crippen LogP contribution in [0.5, 0.6) is 5.75 Å². The topological polar surface area (TPSA) is 45.3 Å². The highest BCUT2D eigenvalue weighted by atomic mass is 19.4. The molecule has 1 heterocycles. The number of aromatic amines is 1. The first-order valence-electron chi connectivity index (χ1n) is 7.30. The molecule has 0 radical (unpaired) electrons. The van der Waals surface area contributed by atoms with Crippen molar-refractivity contribution in [2.45, 2.75) is 25.9 Å². The molecule has 0 aliphatic rings. The van der Waals surface area contributed by atoms with Crippen molar-refractivity contribution >= 4 is 16.9 Å². The summed E-state index contributed by atoms with van der Waals surface area (Å²) in [7, 11) is 3.58. The lowest BCUT2D eigenvalue weighted by atomic mass is 10.1. The Bertz CT molecular complexity index is 705. The highest BCUT2D eigenvalue weighted by Gasteiger charge is 2.37. The number of H-pyrrole nitrogens is 1. The first-order valence-corrected chi connectivity index (χ1v) is 7.30. The number of halogens is 3. The molecule has 2 aromatic rings. The zero-order valence-corrected chi connectivity index (χ0v) is 13.3. The minimum absolute atomic E-state index is 0.126. The molecule has 0 fully saturated rings. The fourth-order valence-electron chi connectivity index (χ4n) is 2.39. The van der Waals surface area contributed by atoms with Crippen LogP contribution in [0.3, 0.4) is 0 Å². The summed E-state index contributed by atoms with van der Waals surface area (Å²) in [5.74, 6) is -0.319. The van der Waals surface area contributed by atoms with Gasteiger partial charge < -0.3 is 14.6 Å². The van der Waals surface area contributed by atoms with Crippen LogP contribution < -0.4 is 4.74 Å². The van der Waals surface area contributed by atoms with Gasteiger partial charge in [0, 0.05) is 23.9 Å². The predicted molar refractivity (Wildman–Crippen MR) is 81.5 cm³/mol. The standard InChI is InChI=1S/C16H19F3N2O2/c1-4-13(22)23-12-7-5-6-11-14(12)10(8-9-21(2)3)15(20-11)16(17,18)19/h5-7,20H,4,8-9H2,1-3H3. The lowest BCUT2D eigenvalue weighted by Gasteiger charge is -2.13. The van der Waals surface area contributed by atoms with Crippen LogP contribution in [0.2, 0.25) is 0 Å². The van der Waals surface area contributed by atoms with E-state index in [-0.39, 0.29) is 24.2 Å². The number of hydrogen-bond donors (Lipinski definition) is 1. The number of rotatable bonds is 5. The van der Waals surface area contributed by atoms with E-state index in [1.54, 1.807) is 38.1 Å². The van der Waals surface area contributed by atoms with Crippen LogP contribution in [0.25, 0.3) is 10.9 Å². The SMILES string of the molecule is CCC(=O)Oc1cccc2[nH]c(C(F)(F)F)c(CCN(C)C)c12. The van der Waals surface area contributed by atoms with Gasteiger partial charge in [-0.3, -0.25) is 4.79 Å². The summed E-state index contributed by atoms with van der Waals surface area (Å²) < 4.78 is 45.2. The van der Waals surface area contributed by atoms with Crippen LogP contribution in [0.1, 0.15) is 24.6 Å². The number of nitrogens with one attached hydrogen (secondary N) is 1. The molecule has 0 amide bonds. The van der Waals surface area contributed by atoms with E-state index in [2.05, 4.69) is 4.98 Å². The minimum atomic E-state index is -4.49. The number of hydrogen-bond acceptors (Lipinski definition) is 3. The first kappa shape index (κ1) is 17.3. The Kier molecular flexibility index (Phi) is 4.99. The molecule has 0 saturated heterocycles. The normalized spacial score (nSPS) is 12.1. The van der Waals surface area contributed by atoms with Crippen molar-refractivity contribution in [1.82, 2.24) is 9.88 Å². The number of nitrogens with zero attached hydrogens (tertiary/aromatic N) is 1. The Morgan fingerprint density at radius 2 is 2.00 bits per heavy atom. The monoisotopic (exact) mass is 328 g/mol. The number of ether oxygens (including phenoxy) is 1. The predicted octanol–water partition coefficient (Wildman–Crippen LogP) is 3.61. The van der Waals surface area contributed by atoms with Gasteiger partial charge in [0.1, 0.15) is 11.4 Å². The van der Waals surface area contributed by atoms with E-state index in [1.165, 1.54) is 6.07 Å². The first-order chi connectivity index (χ1) is 10.7. The lowest BCUT2D eigenvalue weighted by Crippen LogP contribution is -2.17. The van der Waals surface area contributed by atoms with Gasteiger partial charge in [-0.2, -0.15) is 13.2 Å². The maximum atomic E-state index is 13.3. The molecule has 7 heteroatoms. The van der Waals surface area contributed by atoms with Gasteiger partial charge in [0.05, 0.1) is 0 Å². The van der Waals surface area contributed by atoms with Gasteiger partial charge >= 0.3 is 12.1 Å². The number of fused-ring (bicyclic) bond motifs is 1. The van der Waals surface area contributed by atoms with Crippen molar-refractivity contribution in [1.29, 1.82) is 0 Å². The van der Waals surface area contributed by atoms with Crippen molar-refractivity contribution in [3.8, 4) is 5.75 Å². The Hall–Kier alpha value is -2.02. The van der Waals surface area contributed by atoms with Crippen molar-refractivity contribution in [2.24, 2.45) is 0 Å². The van der Waals surface area contributed by atoms with Crippen LogP contribution >= 0.6 is 0 Å². The van der Waals surface area contributed by atoms with Gasteiger partial charge in [-0.1, -0.05) is 13.0 Å². The van der Waals surface area contributed by atoms with E-state index in [4.69, 9.17) is 4.74 Å². The Balaban J connectivity index is 2.61. The van der Waals surface area contributed by atoms with Gasteiger partial charge in [-0.05, 0) is 38.2 Å². The van der Waals surface area contributed by atoms with Gasteiger partial charge in [0.15, 0.2) is 0 Å². The van der Waals surface area contributed by atoms with Crippen LogP contribution in [0, 0.1) is 0 Å². The molecule has 2 rings (SSSR count). The number of alkyl halides is 3. The molecule has 1 aromatic heterocycles. The van der Waals surface area contributed by atoms with Crippen molar-refractivity contribution in [2.75, 3.05) is 20.6 Å². The smallest absolute Gasteiger partial charge is 0.426 e. The fraction of sp³-hybridized carbons (Fsp3) is 0.438. The van der Waals surface area contributed by atoms with Crippen molar-refractivity contribution in [3.05, 3.63) is 29.5 Å². The Morgan fingerprint density at radius 3 is 2.57 bits per heavy atom.